The fraction of sp³-hybridized carbons (Fsp3) is 0.270. The summed E-state index contributed by atoms with van der Waals surface area (Å²) in [5.41, 5.74) is 14.8. The molecular formula is C37H40N2. The third kappa shape index (κ3) is 5.34. The van der Waals surface area contributed by atoms with Crippen molar-refractivity contribution in [3.05, 3.63) is 129 Å². The lowest BCUT2D eigenvalue weighted by Gasteiger charge is -2.17. The van der Waals surface area contributed by atoms with Crippen LogP contribution in [0.2, 0.25) is 0 Å². The molecule has 1 N–H and O–H groups in total. The van der Waals surface area contributed by atoms with Crippen LogP contribution in [-0.4, -0.2) is 10.7 Å². The maximum atomic E-state index is 5.31. The summed E-state index contributed by atoms with van der Waals surface area (Å²) in [4.78, 5) is 9.06. The van der Waals surface area contributed by atoms with Gasteiger partial charge < -0.3 is 4.98 Å². The molecule has 198 valence electrons. The molecule has 0 amide bonds. The minimum atomic E-state index is 0.419. The Balaban J connectivity index is 1.62. The first-order chi connectivity index (χ1) is 18.9. The van der Waals surface area contributed by atoms with Gasteiger partial charge in [-0.25, -0.2) is 4.99 Å². The lowest BCUT2D eigenvalue weighted by molar-refractivity contribution is 0.832. The van der Waals surface area contributed by atoms with Gasteiger partial charge in [0.2, 0.25) is 0 Å². The van der Waals surface area contributed by atoms with Crippen LogP contribution in [0.25, 0.3) is 23.9 Å². The molecule has 0 saturated carbocycles. The predicted octanol–water partition coefficient (Wildman–Crippen LogP) is 9.91. The van der Waals surface area contributed by atoms with Gasteiger partial charge >= 0.3 is 0 Å². The topological polar surface area (TPSA) is 28.1 Å². The number of aromatic amines is 1. The number of fused-ring (bicyclic) bond motifs is 1. The number of aliphatic imine (C=N–C) groups is 1. The number of rotatable bonds is 8. The molecule has 0 unspecified atom stereocenters. The van der Waals surface area contributed by atoms with Gasteiger partial charge in [-0.2, -0.15) is 0 Å². The maximum absolute atomic E-state index is 5.31. The number of aromatic nitrogens is 1. The molecule has 1 aliphatic rings. The van der Waals surface area contributed by atoms with Crippen LogP contribution in [0.3, 0.4) is 0 Å². The molecule has 2 heterocycles. The molecular weight excluding hydrogens is 472 g/mol. The third-order valence-electron chi connectivity index (χ3n) is 7.82. The summed E-state index contributed by atoms with van der Waals surface area (Å²) < 4.78 is 0. The van der Waals surface area contributed by atoms with E-state index in [0.717, 1.165) is 29.9 Å². The van der Waals surface area contributed by atoms with Gasteiger partial charge in [-0.05, 0) is 64.6 Å². The molecule has 0 spiro atoms. The normalized spacial score (nSPS) is 14.2. The van der Waals surface area contributed by atoms with Crippen molar-refractivity contribution in [1.82, 2.24) is 4.98 Å². The molecule has 0 aliphatic carbocycles. The Morgan fingerprint density at radius 1 is 0.692 bits per heavy atom. The molecule has 0 atom stereocenters. The predicted molar refractivity (Wildman–Crippen MR) is 169 cm³/mol. The van der Waals surface area contributed by atoms with Gasteiger partial charge in [0.25, 0.3) is 0 Å². The molecule has 2 heteroatoms. The summed E-state index contributed by atoms with van der Waals surface area (Å²) >= 11 is 0. The van der Waals surface area contributed by atoms with Crippen molar-refractivity contribution in [3.8, 4) is 0 Å². The van der Waals surface area contributed by atoms with Crippen LogP contribution >= 0.6 is 0 Å². The average molecular weight is 513 g/mol. The van der Waals surface area contributed by atoms with Crippen molar-refractivity contribution >= 4 is 29.6 Å². The molecule has 1 aromatic heterocycles. The SMILES string of the molecule is CCc1c(/C=C/c2ccccc2)[nH]c(/C=C2/N=C(c3ccc(C(C)C)cc3C(C)C)c3ccccc32)c1CC. The van der Waals surface area contributed by atoms with E-state index in [4.69, 9.17) is 4.99 Å². The molecule has 3 aromatic carbocycles. The number of nitrogens with one attached hydrogen (secondary N) is 1. The van der Waals surface area contributed by atoms with Gasteiger partial charge in [-0.15, -0.1) is 0 Å². The van der Waals surface area contributed by atoms with Gasteiger partial charge in [-0.1, -0.05) is 120 Å². The van der Waals surface area contributed by atoms with Crippen LogP contribution in [0.4, 0.5) is 0 Å². The second-order valence-electron chi connectivity index (χ2n) is 11.1. The average Bonchev–Trinajstić information content (AvgIpc) is 3.49. The molecule has 1 aliphatic heterocycles. The van der Waals surface area contributed by atoms with Crippen molar-refractivity contribution < 1.29 is 0 Å². The van der Waals surface area contributed by atoms with Crippen LogP contribution in [0.15, 0.2) is 77.8 Å². The van der Waals surface area contributed by atoms with E-state index in [1.807, 2.05) is 0 Å². The smallest absolute Gasteiger partial charge is 0.0791 e. The molecule has 2 nitrogen and oxygen atoms in total. The van der Waals surface area contributed by atoms with E-state index in [2.05, 4.69) is 138 Å². The fourth-order valence-corrected chi connectivity index (χ4v) is 5.68. The summed E-state index contributed by atoms with van der Waals surface area (Å²) in [5, 5.41) is 0. The highest BCUT2D eigenvalue weighted by Gasteiger charge is 2.25. The summed E-state index contributed by atoms with van der Waals surface area (Å²) in [6.07, 6.45) is 8.64. The summed E-state index contributed by atoms with van der Waals surface area (Å²) in [5.74, 6) is 0.922. The minimum absolute atomic E-state index is 0.419. The standard InChI is InChI=1S/C37H40N2/c1-7-28-29(8-2)35(38-34(28)21-18-26-14-10-9-11-15-26)23-36-30-16-12-13-17-31(30)37(39-36)32-20-19-27(24(3)4)22-33(32)25(5)6/h9-25,38H,7-8H2,1-6H3/b21-18+,36-23+. The van der Waals surface area contributed by atoms with Crippen molar-refractivity contribution in [2.45, 2.75) is 66.2 Å². The Morgan fingerprint density at radius 2 is 1.36 bits per heavy atom. The van der Waals surface area contributed by atoms with Crippen molar-refractivity contribution in [2.24, 2.45) is 4.99 Å². The van der Waals surface area contributed by atoms with Gasteiger partial charge in [0.1, 0.15) is 0 Å². The summed E-state index contributed by atoms with van der Waals surface area (Å²) in [7, 11) is 0. The molecule has 39 heavy (non-hydrogen) atoms. The van der Waals surface area contributed by atoms with Crippen molar-refractivity contribution in [1.29, 1.82) is 0 Å². The van der Waals surface area contributed by atoms with E-state index in [1.54, 1.807) is 0 Å². The summed E-state index contributed by atoms with van der Waals surface area (Å²) in [6.45, 7) is 13.6. The van der Waals surface area contributed by atoms with Crippen LogP contribution in [0.1, 0.15) is 109 Å². The van der Waals surface area contributed by atoms with Gasteiger partial charge in [0.05, 0.1) is 11.4 Å². The zero-order valence-corrected chi connectivity index (χ0v) is 24.2. The molecule has 0 fully saturated rings. The van der Waals surface area contributed by atoms with E-state index in [0.29, 0.717) is 11.8 Å². The maximum Gasteiger partial charge on any atom is 0.0791 e. The van der Waals surface area contributed by atoms with Gasteiger partial charge in [0.15, 0.2) is 0 Å². The largest absolute Gasteiger partial charge is 0.355 e. The van der Waals surface area contributed by atoms with E-state index in [-0.39, 0.29) is 0 Å². The van der Waals surface area contributed by atoms with Crippen molar-refractivity contribution in [3.63, 3.8) is 0 Å². The van der Waals surface area contributed by atoms with Gasteiger partial charge in [-0.3, -0.25) is 0 Å². The fourth-order valence-electron chi connectivity index (χ4n) is 5.68. The Bertz CT molecular complexity index is 1560. The highest BCUT2D eigenvalue weighted by molar-refractivity contribution is 6.22. The monoisotopic (exact) mass is 512 g/mol. The second kappa shape index (κ2) is 11.5. The lowest BCUT2D eigenvalue weighted by Crippen LogP contribution is -2.07. The second-order valence-corrected chi connectivity index (χ2v) is 11.1. The van der Waals surface area contributed by atoms with E-state index >= 15 is 0 Å². The highest BCUT2D eigenvalue weighted by Crippen LogP contribution is 2.37. The van der Waals surface area contributed by atoms with Crippen molar-refractivity contribution in [2.75, 3.05) is 0 Å². The zero-order chi connectivity index (χ0) is 27.5. The summed E-state index contributed by atoms with van der Waals surface area (Å²) in [6, 6.07) is 26.1. The van der Waals surface area contributed by atoms with Crippen LogP contribution in [-0.2, 0) is 12.8 Å². The van der Waals surface area contributed by atoms with Crippen LogP contribution in [0, 0.1) is 0 Å². The first kappa shape index (κ1) is 26.7. The zero-order valence-electron chi connectivity index (χ0n) is 24.2. The third-order valence-corrected chi connectivity index (χ3v) is 7.82. The molecule has 0 radical (unpaired) electrons. The number of benzene rings is 3. The first-order valence-corrected chi connectivity index (χ1v) is 14.4. The lowest BCUT2D eigenvalue weighted by atomic mass is 9.87. The Morgan fingerprint density at radius 3 is 2.03 bits per heavy atom. The molecule has 5 rings (SSSR count). The molecule has 0 saturated heterocycles. The quantitative estimate of drug-likeness (QED) is 0.243. The van der Waals surface area contributed by atoms with Crippen LogP contribution < -0.4 is 0 Å². The number of hydrogen-bond donors (Lipinski definition) is 1. The number of H-pyrrole nitrogens is 1. The van der Waals surface area contributed by atoms with E-state index < -0.39 is 0 Å². The minimum Gasteiger partial charge on any atom is -0.355 e. The number of hydrogen-bond acceptors (Lipinski definition) is 1. The van der Waals surface area contributed by atoms with Crippen LogP contribution in [0.5, 0.6) is 0 Å². The molecule has 0 bridgehead atoms. The van der Waals surface area contributed by atoms with Gasteiger partial charge in [0, 0.05) is 28.1 Å². The first-order valence-electron chi connectivity index (χ1n) is 14.4. The Kier molecular flexibility index (Phi) is 7.84. The highest BCUT2D eigenvalue weighted by atomic mass is 14.8. The van der Waals surface area contributed by atoms with E-state index in [1.165, 1.54) is 50.2 Å². The Labute approximate surface area is 234 Å². The number of nitrogens with zero attached hydrogens (tertiary/aromatic N) is 1. The molecule has 4 aromatic rings. The Hall–Kier alpha value is -3.91. The van der Waals surface area contributed by atoms with E-state index in [9.17, 15) is 0 Å².